The number of carbonyl (C=O) groups is 2. The van der Waals surface area contributed by atoms with Crippen molar-refractivity contribution in [3.8, 4) is 0 Å². The number of nitrogens with one attached hydrogen (secondary N) is 2. The van der Waals surface area contributed by atoms with Gasteiger partial charge < -0.3 is 20.8 Å². The average molecular weight is 262 g/mol. The SMILES string of the molecule is O=C(NC1CCSCC1)N[C@H](CCO)C(=O)O. The lowest BCUT2D eigenvalue weighted by Gasteiger charge is -2.23. The van der Waals surface area contributed by atoms with Crippen molar-refractivity contribution in [1.29, 1.82) is 0 Å². The maximum Gasteiger partial charge on any atom is 0.326 e. The van der Waals surface area contributed by atoms with Gasteiger partial charge in [-0.2, -0.15) is 11.8 Å². The van der Waals surface area contributed by atoms with Gasteiger partial charge in [0.2, 0.25) is 0 Å². The number of carboxylic acid groups (broad SMARTS) is 1. The van der Waals surface area contributed by atoms with Gasteiger partial charge in [-0.05, 0) is 24.3 Å². The summed E-state index contributed by atoms with van der Waals surface area (Å²) in [6, 6.07) is -1.37. The number of aliphatic hydroxyl groups is 1. The summed E-state index contributed by atoms with van der Waals surface area (Å²) in [6.45, 7) is -0.267. The van der Waals surface area contributed by atoms with E-state index in [9.17, 15) is 9.59 Å². The fraction of sp³-hybridized carbons (Fsp3) is 0.800. The maximum absolute atomic E-state index is 11.5. The van der Waals surface area contributed by atoms with Crippen LogP contribution in [-0.4, -0.2) is 52.4 Å². The van der Waals surface area contributed by atoms with Gasteiger partial charge >= 0.3 is 12.0 Å². The molecule has 6 nitrogen and oxygen atoms in total. The summed E-state index contributed by atoms with van der Waals surface area (Å²) in [5.74, 6) is 0.904. The zero-order valence-corrected chi connectivity index (χ0v) is 10.3. The number of aliphatic hydroxyl groups excluding tert-OH is 1. The van der Waals surface area contributed by atoms with Crippen molar-refractivity contribution in [1.82, 2.24) is 10.6 Å². The second kappa shape index (κ2) is 7.39. The first-order valence-electron chi connectivity index (χ1n) is 5.62. The highest BCUT2D eigenvalue weighted by atomic mass is 32.2. The lowest BCUT2D eigenvalue weighted by atomic mass is 10.1. The molecule has 1 atom stereocenters. The van der Waals surface area contributed by atoms with Gasteiger partial charge in [0.15, 0.2) is 0 Å². The first-order chi connectivity index (χ1) is 8.13. The van der Waals surface area contributed by atoms with Crippen molar-refractivity contribution < 1.29 is 19.8 Å². The van der Waals surface area contributed by atoms with E-state index in [2.05, 4.69) is 10.6 Å². The molecule has 0 aliphatic carbocycles. The van der Waals surface area contributed by atoms with E-state index in [0.717, 1.165) is 24.3 Å². The van der Waals surface area contributed by atoms with Gasteiger partial charge in [0, 0.05) is 19.1 Å². The smallest absolute Gasteiger partial charge is 0.326 e. The molecule has 1 rings (SSSR count). The molecule has 7 heteroatoms. The lowest BCUT2D eigenvalue weighted by molar-refractivity contribution is -0.139. The molecule has 2 amide bonds. The summed E-state index contributed by atoms with van der Waals surface area (Å²) in [4.78, 5) is 22.3. The van der Waals surface area contributed by atoms with Crippen molar-refractivity contribution in [2.45, 2.75) is 31.3 Å². The summed E-state index contributed by atoms with van der Waals surface area (Å²) in [5, 5.41) is 22.6. The molecule has 0 aromatic rings. The number of urea groups is 1. The Labute approximate surface area is 104 Å². The minimum absolute atomic E-state index is 0.0171. The molecule has 1 aliphatic rings. The number of hydrogen-bond donors (Lipinski definition) is 4. The molecule has 17 heavy (non-hydrogen) atoms. The van der Waals surface area contributed by atoms with Crippen LogP contribution in [0, 0.1) is 0 Å². The molecule has 1 fully saturated rings. The molecule has 0 unspecified atom stereocenters. The van der Waals surface area contributed by atoms with E-state index < -0.39 is 18.0 Å². The third-order valence-corrected chi connectivity index (χ3v) is 3.63. The molecule has 1 saturated heterocycles. The van der Waals surface area contributed by atoms with Crippen LogP contribution in [0.2, 0.25) is 0 Å². The van der Waals surface area contributed by atoms with Gasteiger partial charge in [0.25, 0.3) is 0 Å². The minimum Gasteiger partial charge on any atom is -0.480 e. The molecule has 98 valence electrons. The fourth-order valence-corrected chi connectivity index (χ4v) is 2.72. The molecular formula is C10H18N2O4S. The molecule has 0 aromatic heterocycles. The summed E-state index contributed by atoms with van der Waals surface area (Å²) >= 11 is 1.85. The van der Waals surface area contributed by atoms with Gasteiger partial charge in [0.1, 0.15) is 6.04 Å². The Balaban J connectivity index is 2.33. The minimum atomic E-state index is -1.13. The fourth-order valence-electron chi connectivity index (χ4n) is 1.61. The number of aliphatic carboxylic acids is 1. The van der Waals surface area contributed by atoms with Gasteiger partial charge in [-0.25, -0.2) is 9.59 Å². The zero-order valence-electron chi connectivity index (χ0n) is 9.52. The molecule has 1 heterocycles. The van der Waals surface area contributed by atoms with Crippen molar-refractivity contribution in [3.05, 3.63) is 0 Å². The number of carboxylic acids is 1. The van der Waals surface area contributed by atoms with Crippen LogP contribution in [0.15, 0.2) is 0 Å². The Hall–Kier alpha value is -0.950. The Bertz CT molecular complexity index is 269. The highest BCUT2D eigenvalue weighted by molar-refractivity contribution is 7.99. The first-order valence-corrected chi connectivity index (χ1v) is 6.77. The van der Waals surface area contributed by atoms with Crippen molar-refractivity contribution in [3.63, 3.8) is 0 Å². The van der Waals surface area contributed by atoms with Crippen molar-refractivity contribution >= 4 is 23.8 Å². The number of hydrogen-bond acceptors (Lipinski definition) is 4. The Morgan fingerprint density at radius 3 is 2.53 bits per heavy atom. The van der Waals surface area contributed by atoms with Crippen LogP contribution in [-0.2, 0) is 4.79 Å². The third-order valence-electron chi connectivity index (χ3n) is 2.58. The molecular weight excluding hydrogens is 244 g/mol. The van der Waals surface area contributed by atoms with Crippen LogP contribution < -0.4 is 10.6 Å². The van der Waals surface area contributed by atoms with E-state index in [4.69, 9.17) is 10.2 Å². The number of amides is 2. The average Bonchev–Trinajstić information content (AvgIpc) is 2.29. The number of rotatable bonds is 5. The van der Waals surface area contributed by atoms with Crippen LogP contribution >= 0.6 is 11.8 Å². The van der Waals surface area contributed by atoms with Crippen LogP contribution in [0.4, 0.5) is 4.79 Å². The molecule has 0 aromatic carbocycles. The highest BCUT2D eigenvalue weighted by Gasteiger charge is 2.21. The molecule has 1 aliphatic heterocycles. The van der Waals surface area contributed by atoms with Gasteiger partial charge in [-0.3, -0.25) is 0 Å². The highest BCUT2D eigenvalue weighted by Crippen LogP contribution is 2.16. The van der Waals surface area contributed by atoms with Gasteiger partial charge in [-0.15, -0.1) is 0 Å². The lowest BCUT2D eigenvalue weighted by Crippen LogP contribution is -2.50. The van der Waals surface area contributed by atoms with E-state index in [1.807, 2.05) is 11.8 Å². The molecule has 4 N–H and O–H groups in total. The summed E-state index contributed by atoms with van der Waals surface area (Å²) in [7, 11) is 0. The number of thioether (sulfide) groups is 1. The molecule has 0 radical (unpaired) electrons. The number of carbonyl (C=O) groups excluding carboxylic acids is 1. The van der Waals surface area contributed by atoms with E-state index in [-0.39, 0.29) is 19.1 Å². The van der Waals surface area contributed by atoms with Crippen LogP contribution in [0.5, 0.6) is 0 Å². The second-order valence-electron chi connectivity index (χ2n) is 3.91. The van der Waals surface area contributed by atoms with E-state index in [0.29, 0.717) is 0 Å². The van der Waals surface area contributed by atoms with Crippen LogP contribution in [0.3, 0.4) is 0 Å². The van der Waals surface area contributed by atoms with Gasteiger partial charge in [0.05, 0.1) is 0 Å². The second-order valence-corrected chi connectivity index (χ2v) is 5.13. The predicted octanol–water partition coefficient (Wildman–Crippen LogP) is 0.0168. The third kappa shape index (κ3) is 5.27. The first kappa shape index (κ1) is 14.1. The zero-order chi connectivity index (χ0) is 12.7. The molecule has 0 saturated carbocycles. The summed E-state index contributed by atoms with van der Waals surface area (Å²) < 4.78 is 0. The van der Waals surface area contributed by atoms with Gasteiger partial charge in [-0.1, -0.05) is 0 Å². The Kier molecular flexibility index (Phi) is 6.13. The predicted molar refractivity (Wildman–Crippen MR) is 65.1 cm³/mol. The molecule has 0 bridgehead atoms. The van der Waals surface area contributed by atoms with Crippen molar-refractivity contribution in [2.24, 2.45) is 0 Å². The largest absolute Gasteiger partial charge is 0.480 e. The van der Waals surface area contributed by atoms with E-state index in [1.165, 1.54) is 0 Å². The Morgan fingerprint density at radius 1 is 1.35 bits per heavy atom. The Morgan fingerprint density at radius 2 is 2.00 bits per heavy atom. The maximum atomic E-state index is 11.5. The van der Waals surface area contributed by atoms with E-state index >= 15 is 0 Å². The monoisotopic (exact) mass is 262 g/mol. The van der Waals surface area contributed by atoms with E-state index in [1.54, 1.807) is 0 Å². The topological polar surface area (TPSA) is 98.7 Å². The molecule has 0 spiro atoms. The van der Waals surface area contributed by atoms with Crippen LogP contribution in [0.1, 0.15) is 19.3 Å². The van der Waals surface area contributed by atoms with Crippen molar-refractivity contribution in [2.75, 3.05) is 18.1 Å². The van der Waals surface area contributed by atoms with Crippen LogP contribution in [0.25, 0.3) is 0 Å². The quantitative estimate of drug-likeness (QED) is 0.560. The standard InChI is InChI=1S/C10H18N2O4S/c13-4-1-8(9(14)15)12-10(16)11-7-2-5-17-6-3-7/h7-8,13H,1-6H2,(H,14,15)(H2,11,12,16)/t8-/m1/s1. The normalized spacial score (nSPS) is 18.4. The summed E-state index contributed by atoms with van der Waals surface area (Å²) in [6.07, 6.45) is 1.84. The summed E-state index contributed by atoms with van der Waals surface area (Å²) in [5.41, 5.74) is 0.